The summed E-state index contributed by atoms with van der Waals surface area (Å²) in [6, 6.07) is 8.58. The third-order valence-electron chi connectivity index (χ3n) is 9.47. The number of ketones is 1. The Balaban J connectivity index is 0.000000319. The van der Waals surface area contributed by atoms with Crippen LogP contribution < -0.4 is 26.4 Å². The molecule has 0 atom stereocenters. The molecule has 0 N–H and O–H groups in total. The number of aromatic nitrogens is 2. The Morgan fingerprint density at radius 1 is 0.507 bits per heavy atom. The molecule has 6 aromatic rings. The van der Waals surface area contributed by atoms with Gasteiger partial charge in [0.1, 0.15) is 58.9 Å². The van der Waals surface area contributed by atoms with E-state index in [0.717, 1.165) is 0 Å². The maximum absolute atomic E-state index is 15.4. The lowest BCUT2D eigenvalue weighted by molar-refractivity contribution is -0.686. The molecule has 0 unspecified atom stereocenters. The van der Waals surface area contributed by atoms with Crippen LogP contribution in [-0.2, 0) is 11.3 Å². The normalized spacial score (nSPS) is 11.3. The molecule has 0 bridgehead atoms. The number of nitrogens with zero attached hydrogens (tertiary/aromatic N) is 3. The number of rotatable bonds is 10. The number of Topliss-reactive ketones (excluding diaryl/α,β-unsaturated/α-hetero) is 1. The highest BCUT2D eigenvalue weighted by molar-refractivity contribution is 7.20. The number of esters is 1. The van der Waals surface area contributed by atoms with Crippen LogP contribution in [-0.4, -0.2) is 34.5 Å². The Kier molecular flexibility index (Phi) is 14.3. The monoisotopic (exact) mass is 981 g/mol. The summed E-state index contributed by atoms with van der Waals surface area (Å²) in [5.74, 6) is -72.5. The Morgan fingerprint density at radius 3 is 1.10 bits per heavy atom. The Labute approximate surface area is 356 Å². The molecule has 67 heavy (non-hydrogen) atoms. The minimum atomic E-state index is -7.22. The van der Waals surface area contributed by atoms with Gasteiger partial charge in [-0.3, -0.25) is 19.9 Å². The largest absolute Gasteiger partial charge is 0.410 e. The van der Waals surface area contributed by atoms with Crippen LogP contribution in [0.15, 0.2) is 48.9 Å². The zero-order valence-corrected chi connectivity index (χ0v) is 31.6. The number of benzene rings is 5. The van der Waals surface area contributed by atoms with Gasteiger partial charge in [-0.05, 0) is 0 Å². The van der Waals surface area contributed by atoms with Crippen molar-refractivity contribution in [1.82, 2.24) is 4.98 Å². The minimum Gasteiger partial charge on any atom is -0.392 e. The van der Waals surface area contributed by atoms with E-state index in [2.05, 4.69) is 9.72 Å². The van der Waals surface area contributed by atoms with Gasteiger partial charge in [0.2, 0.25) is 12.3 Å². The number of carbonyl (C=O) groups is 2. The van der Waals surface area contributed by atoms with Crippen LogP contribution in [0.1, 0.15) is 20.8 Å². The first-order chi connectivity index (χ1) is 31.3. The van der Waals surface area contributed by atoms with Crippen molar-refractivity contribution in [2.75, 3.05) is 6.73 Å². The maximum Gasteiger partial charge on any atom is 0.410 e. The van der Waals surface area contributed by atoms with E-state index in [1.807, 2.05) is 0 Å². The quantitative estimate of drug-likeness (QED) is 0.0149. The van der Waals surface area contributed by atoms with Crippen molar-refractivity contribution >= 4 is 39.7 Å². The minimum absolute atomic E-state index is 0.0337. The van der Waals surface area contributed by atoms with Gasteiger partial charge in [0.25, 0.3) is 0 Å². The van der Waals surface area contributed by atoms with Crippen LogP contribution in [0.2, 0.25) is 0 Å². The van der Waals surface area contributed by atoms with Crippen molar-refractivity contribution in [2.24, 2.45) is 0 Å². The van der Waals surface area contributed by atoms with E-state index in [4.69, 9.17) is 0 Å². The molecule has 0 amide bonds. The summed E-state index contributed by atoms with van der Waals surface area (Å²) in [6.07, 6.45) is -3.18. The zero-order valence-electron chi connectivity index (χ0n) is 31.6. The molecular formula is C38H12BF20N3O5. The molecule has 352 valence electrons. The number of nitro groups is 1. The second kappa shape index (κ2) is 19.1. The third-order valence-corrected chi connectivity index (χ3v) is 9.47. The third kappa shape index (κ3) is 8.43. The van der Waals surface area contributed by atoms with Gasteiger partial charge in [0.15, 0.2) is 76.0 Å². The number of hydrogen-bond donors (Lipinski definition) is 0. The summed E-state index contributed by atoms with van der Waals surface area (Å²) >= 11 is 0. The van der Waals surface area contributed by atoms with Crippen molar-refractivity contribution in [2.45, 2.75) is 6.54 Å². The first kappa shape index (κ1) is 50.4. The second-order valence-electron chi connectivity index (χ2n) is 13.1. The molecule has 1 aromatic heterocycles. The fourth-order valence-electron chi connectivity index (χ4n) is 6.62. The van der Waals surface area contributed by atoms with E-state index in [1.54, 1.807) is 30.3 Å². The summed E-state index contributed by atoms with van der Waals surface area (Å²) in [5, 5.41) is 10.2. The summed E-state index contributed by atoms with van der Waals surface area (Å²) < 4.78 is 300. The molecular weight excluding hydrogens is 969 g/mol. The molecule has 0 saturated carbocycles. The number of ether oxygens (including phenoxy) is 1. The van der Waals surface area contributed by atoms with Crippen molar-refractivity contribution in [1.29, 1.82) is 0 Å². The first-order valence-corrected chi connectivity index (χ1v) is 17.2. The molecule has 1 heterocycles. The molecule has 0 fully saturated rings. The van der Waals surface area contributed by atoms with E-state index < -0.39 is 162 Å². The number of halogens is 20. The zero-order chi connectivity index (χ0) is 50.3. The second-order valence-corrected chi connectivity index (χ2v) is 13.1. The SMILES string of the molecule is Fc1c(F)c(F)c([B-](c2c(F)c(F)c(F)c(F)c2F)(c2c(F)c(F)c(F)c(F)c2F)c2c(F)c(F)c(F)c(F)c2F)c(F)c1F.O=C(C[n+]1ccncc1C(=O)OC[N+](=O)[O-])c1ccccc1. The molecule has 0 aliphatic heterocycles. The average Bonchev–Trinajstić information content (AvgIpc) is 3.31. The predicted molar refractivity (Wildman–Crippen MR) is 182 cm³/mol. The molecule has 8 nitrogen and oxygen atoms in total. The van der Waals surface area contributed by atoms with E-state index in [9.17, 15) is 72.4 Å². The molecule has 6 rings (SSSR count). The molecule has 5 aromatic carbocycles. The van der Waals surface area contributed by atoms with Gasteiger partial charge >= 0.3 is 18.4 Å². The molecule has 0 aliphatic carbocycles. The summed E-state index contributed by atoms with van der Waals surface area (Å²) in [6.45, 7) is -1.05. The van der Waals surface area contributed by atoms with E-state index >= 15 is 35.1 Å². The Bertz CT molecular complexity index is 2660. The van der Waals surface area contributed by atoms with Crippen LogP contribution in [0.25, 0.3) is 0 Å². The van der Waals surface area contributed by atoms with Gasteiger partial charge in [-0.2, -0.15) is 4.57 Å². The summed E-state index contributed by atoms with van der Waals surface area (Å²) in [7, 11) is 0. The van der Waals surface area contributed by atoms with Crippen LogP contribution >= 0.6 is 0 Å². The fraction of sp³-hybridized carbons (Fsp3) is 0.0526. The van der Waals surface area contributed by atoms with Gasteiger partial charge in [-0.1, -0.05) is 30.3 Å². The standard InChI is InChI=1S/C24BF20.C14H12N3O5/c26-5-1(6(27)14(35)21(42)13(5)34)25(2-7(28)15(36)22(43)16(37)8(2)29,3-9(30)17(38)23(44)18(39)10(3)31)4-11(32)19(40)24(45)20(41)12(4)33;18-13(11-4-2-1-3-5-11)9-16-7-6-15-8-12(16)14(19)22-10-17(20)21/h;1-8H,9-10H2/q-1;+1. The molecule has 0 aliphatic rings. The summed E-state index contributed by atoms with van der Waals surface area (Å²) in [5.41, 5.74) is -13.9. The van der Waals surface area contributed by atoms with Crippen LogP contribution in [0.5, 0.6) is 0 Å². The van der Waals surface area contributed by atoms with Crippen LogP contribution in [0, 0.1) is 126 Å². The van der Waals surface area contributed by atoms with Gasteiger partial charge < -0.3 is 4.74 Å². The fourth-order valence-corrected chi connectivity index (χ4v) is 6.62. The van der Waals surface area contributed by atoms with Gasteiger partial charge in [-0.15, -0.1) is 21.9 Å². The molecule has 0 spiro atoms. The highest BCUT2D eigenvalue weighted by atomic mass is 19.2. The highest BCUT2D eigenvalue weighted by Gasteiger charge is 2.52. The highest BCUT2D eigenvalue weighted by Crippen LogP contribution is 2.30. The van der Waals surface area contributed by atoms with Gasteiger partial charge in [0, 0.05) is 5.56 Å². The number of carbonyl (C=O) groups excluding carboxylic acids is 2. The van der Waals surface area contributed by atoms with Crippen molar-refractivity contribution < 1.29 is 112 Å². The lowest BCUT2D eigenvalue weighted by atomic mass is 9.12. The van der Waals surface area contributed by atoms with E-state index in [-0.39, 0.29) is 18.0 Å². The molecule has 29 heteroatoms. The smallest absolute Gasteiger partial charge is 0.392 e. The average molecular weight is 981 g/mol. The van der Waals surface area contributed by atoms with Crippen molar-refractivity contribution in [3.8, 4) is 0 Å². The lowest BCUT2D eigenvalue weighted by Crippen LogP contribution is -2.81. The van der Waals surface area contributed by atoms with Crippen molar-refractivity contribution in [3.05, 3.63) is 187 Å². The van der Waals surface area contributed by atoms with Gasteiger partial charge in [0.05, 0.1) is 11.1 Å². The summed E-state index contributed by atoms with van der Waals surface area (Å²) in [4.78, 5) is 37.2. The van der Waals surface area contributed by atoms with Gasteiger partial charge in [-0.25, -0.2) is 92.6 Å². The van der Waals surface area contributed by atoms with Crippen LogP contribution in [0.4, 0.5) is 87.8 Å². The maximum atomic E-state index is 15.4. The molecule has 0 radical (unpaired) electrons. The van der Waals surface area contributed by atoms with Crippen LogP contribution in [0.3, 0.4) is 0 Å². The Morgan fingerprint density at radius 2 is 0.806 bits per heavy atom. The first-order valence-electron chi connectivity index (χ1n) is 17.2. The van der Waals surface area contributed by atoms with E-state index in [0.29, 0.717) is 5.56 Å². The molecule has 0 saturated heterocycles. The predicted octanol–water partition coefficient (Wildman–Crippen LogP) is 6.49. The topological polar surface area (TPSA) is 103 Å². The van der Waals surface area contributed by atoms with E-state index in [1.165, 1.54) is 23.2 Å². The van der Waals surface area contributed by atoms with Crippen molar-refractivity contribution in [3.63, 3.8) is 0 Å². The Hall–Kier alpha value is -7.62. The number of hydrogen-bond acceptors (Lipinski definition) is 6. The lowest BCUT2D eigenvalue weighted by Gasteiger charge is -2.44.